The molecule has 2 aromatic rings. The number of aryl methyl sites for hydroxylation is 1. The summed E-state index contributed by atoms with van der Waals surface area (Å²) < 4.78 is 12.7. The maximum absolute atomic E-state index is 12.7. The monoisotopic (exact) mass is 262 g/mol. The van der Waals surface area contributed by atoms with Gasteiger partial charge in [-0.15, -0.1) is 0 Å². The van der Waals surface area contributed by atoms with Crippen LogP contribution in [0.4, 0.5) is 4.39 Å². The fourth-order valence-corrected chi connectivity index (χ4v) is 1.62. The third-order valence-electron chi connectivity index (χ3n) is 2.65. The Morgan fingerprint density at radius 1 is 1.32 bits per heavy atom. The number of Topliss-reactive ketones (excluding diaryl/α,β-unsaturated/α-hetero) is 1. The molecule has 0 aliphatic carbocycles. The molecule has 0 saturated heterocycles. The quantitative estimate of drug-likeness (QED) is 0.816. The molecule has 0 aliphatic heterocycles. The first-order valence-electron chi connectivity index (χ1n) is 5.62. The van der Waals surface area contributed by atoms with Crippen LogP contribution < -0.4 is 5.56 Å². The minimum atomic E-state index is -0.750. The van der Waals surface area contributed by atoms with Crippen molar-refractivity contribution in [1.29, 1.82) is 0 Å². The highest BCUT2D eigenvalue weighted by Crippen LogP contribution is 2.12. The van der Waals surface area contributed by atoms with Crippen molar-refractivity contribution in [1.82, 2.24) is 9.97 Å². The lowest BCUT2D eigenvalue weighted by Gasteiger charge is -2.02. The highest BCUT2D eigenvalue weighted by atomic mass is 19.1. The number of aromatic amines is 1. The summed E-state index contributed by atoms with van der Waals surface area (Å²) in [4.78, 5) is 28.7. The lowest BCUT2D eigenvalue weighted by molar-refractivity contribution is 0.0974. The first-order valence-corrected chi connectivity index (χ1v) is 5.62. The van der Waals surface area contributed by atoms with Crippen molar-refractivity contribution in [3.63, 3.8) is 0 Å². The van der Waals surface area contributed by atoms with Crippen molar-refractivity contribution in [3.8, 4) is 5.75 Å². The molecule has 0 spiro atoms. The number of hydrogen-bond donors (Lipinski definition) is 2. The molecule has 0 aliphatic rings. The number of ketones is 1. The number of benzene rings is 1. The van der Waals surface area contributed by atoms with Gasteiger partial charge < -0.3 is 10.1 Å². The maximum Gasteiger partial charge on any atom is 0.293 e. The zero-order valence-corrected chi connectivity index (χ0v) is 9.89. The van der Waals surface area contributed by atoms with Crippen molar-refractivity contribution in [2.24, 2.45) is 0 Å². The summed E-state index contributed by atoms with van der Waals surface area (Å²) >= 11 is 0. The predicted molar refractivity (Wildman–Crippen MR) is 65.6 cm³/mol. The van der Waals surface area contributed by atoms with E-state index < -0.39 is 17.1 Å². The summed E-state index contributed by atoms with van der Waals surface area (Å²) in [5, 5.41) is 9.42. The Bertz CT molecular complexity index is 650. The van der Waals surface area contributed by atoms with Gasteiger partial charge in [-0.25, -0.2) is 9.37 Å². The van der Waals surface area contributed by atoms with Gasteiger partial charge in [-0.2, -0.15) is 0 Å². The standard InChI is InChI=1S/C13H11FN2O3/c14-9-4-1-8(2-5-9)3-6-10(17)11-12(18)13(19)16-7-15-11/h1-2,4-5,7,18H,3,6H2,(H,15,16,19). The number of halogens is 1. The molecule has 0 unspecified atom stereocenters. The number of nitrogens with one attached hydrogen (secondary N) is 1. The molecule has 5 nitrogen and oxygen atoms in total. The van der Waals surface area contributed by atoms with Crippen LogP contribution in [0.5, 0.6) is 5.75 Å². The largest absolute Gasteiger partial charge is 0.501 e. The molecule has 6 heteroatoms. The third kappa shape index (κ3) is 3.04. The molecule has 0 atom stereocenters. The van der Waals surface area contributed by atoms with Crippen molar-refractivity contribution in [2.75, 3.05) is 0 Å². The van der Waals surface area contributed by atoms with E-state index in [2.05, 4.69) is 9.97 Å². The third-order valence-corrected chi connectivity index (χ3v) is 2.65. The van der Waals surface area contributed by atoms with E-state index in [4.69, 9.17) is 0 Å². The van der Waals surface area contributed by atoms with Crippen LogP contribution in [0, 0.1) is 5.82 Å². The Labute approximate surface area is 107 Å². The zero-order chi connectivity index (χ0) is 13.8. The number of H-pyrrole nitrogens is 1. The van der Waals surface area contributed by atoms with E-state index in [0.717, 1.165) is 11.9 Å². The molecule has 19 heavy (non-hydrogen) atoms. The molecule has 0 amide bonds. The van der Waals surface area contributed by atoms with Crippen LogP contribution in [0.15, 0.2) is 35.4 Å². The molecule has 0 radical (unpaired) electrons. The van der Waals surface area contributed by atoms with E-state index in [1.807, 2.05) is 0 Å². The normalized spacial score (nSPS) is 10.4. The molecule has 1 aromatic heterocycles. The SMILES string of the molecule is O=C(CCc1ccc(F)cc1)c1nc[nH]c(=O)c1O. The molecular weight excluding hydrogens is 251 g/mol. The highest BCUT2D eigenvalue weighted by molar-refractivity contribution is 5.96. The van der Waals surface area contributed by atoms with Crippen LogP contribution in [-0.4, -0.2) is 20.9 Å². The van der Waals surface area contributed by atoms with Gasteiger partial charge in [-0.05, 0) is 24.1 Å². The van der Waals surface area contributed by atoms with Gasteiger partial charge in [0.2, 0.25) is 5.75 Å². The van der Waals surface area contributed by atoms with E-state index in [0.29, 0.717) is 6.42 Å². The van der Waals surface area contributed by atoms with Gasteiger partial charge in [-0.1, -0.05) is 12.1 Å². The molecule has 2 rings (SSSR count). The van der Waals surface area contributed by atoms with Crippen molar-refractivity contribution >= 4 is 5.78 Å². The van der Waals surface area contributed by atoms with Gasteiger partial charge in [0.1, 0.15) is 5.82 Å². The Kier molecular flexibility index (Phi) is 3.70. The predicted octanol–water partition coefficient (Wildman–Crippen LogP) is 1.43. The minimum absolute atomic E-state index is 0.0790. The Balaban J connectivity index is 2.07. The molecule has 1 aromatic carbocycles. The van der Waals surface area contributed by atoms with Crippen LogP contribution in [0.3, 0.4) is 0 Å². The van der Waals surface area contributed by atoms with E-state index in [-0.39, 0.29) is 17.9 Å². The minimum Gasteiger partial charge on any atom is -0.501 e. The molecular formula is C13H11FN2O3. The summed E-state index contributed by atoms with van der Waals surface area (Å²) in [6, 6.07) is 5.77. The summed E-state index contributed by atoms with van der Waals surface area (Å²) in [6.45, 7) is 0. The fraction of sp³-hybridized carbons (Fsp3) is 0.154. The van der Waals surface area contributed by atoms with Gasteiger partial charge in [-0.3, -0.25) is 9.59 Å². The molecule has 0 saturated carbocycles. The van der Waals surface area contributed by atoms with Gasteiger partial charge >= 0.3 is 0 Å². The number of rotatable bonds is 4. The Hall–Kier alpha value is -2.50. The summed E-state index contributed by atoms with van der Waals surface area (Å²) in [5.41, 5.74) is -0.204. The first kappa shape index (κ1) is 12.9. The smallest absolute Gasteiger partial charge is 0.293 e. The number of hydrogen-bond acceptors (Lipinski definition) is 4. The second-order valence-electron chi connectivity index (χ2n) is 3.98. The number of aromatic nitrogens is 2. The molecule has 0 fully saturated rings. The van der Waals surface area contributed by atoms with Crippen LogP contribution in [0.25, 0.3) is 0 Å². The second kappa shape index (κ2) is 5.43. The molecule has 0 bridgehead atoms. The Morgan fingerprint density at radius 2 is 2.00 bits per heavy atom. The van der Waals surface area contributed by atoms with Gasteiger partial charge in [0.05, 0.1) is 6.33 Å². The van der Waals surface area contributed by atoms with Gasteiger partial charge in [0, 0.05) is 6.42 Å². The van der Waals surface area contributed by atoms with Crippen LogP contribution in [0.1, 0.15) is 22.5 Å². The number of aromatic hydroxyl groups is 1. The first-order chi connectivity index (χ1) is 9.08. The van der Waals surface area contributed by atoms with Gasteiger partial charge in [0.15, 0.2) is 11.5 Å². The average molecular weight is 262 g/mol. The van der Waals surface area contributed by atoms with E-state index in [1.54, 1.807) is 12.1 Å². The van der Waals surface area contributed by atoms with E-state index in [1.165, 1.54) is 12.1 Å². The number of carbonyl (C=O) groups is 1. The summed E-state index contributed by atoms with van der Waals surface area (Å²) in [5.74, 6) is -1.46. The van der Waals surface area contributed by atoms with Crippen LogP contribution in [0.2, 0.25) is 0 Å². The number of nitrogens with zero attached hydrogens (tertiary/aromatic N) is 1. The molecule has 2 N–H and O–H groups in total. The summed E-state index contributed by atoms with van der Waals surface area (Å²) in [6.07, 6.45) is 1.52. The molecule has 98 valence electrons. The van der Waals surface area contributed by atoms with Gasteiger partial charge in [0.25, 0.3) is 5.56 Å². The topological polar surface area (TPSA) is 83.0 Å². The van der Waals surface area contributed by atoms with Crippen LogP contribution in [-0.2, 0) is 6.42 Å². The summed E-state index contributed by atoms with van der Waals surface area (Å²) in [7, 11) is 0. The maximum atomic E-state index is 12.7. The van der Waals surface area contributed by atoms with Crippen LogP contribution >= 0.6 is 0 Å². The van der Waals surface area contributed by atoms with Crippen molar-refractivity contribution in [3.05, 3.63) is 58.0 Å². The Morgan fingerprint density at radius 3 is 2.68 bits per heavy atom. The average Bonchev–Trinajstić information content (AvgIpc) is 2.41. The zero-order valence-electron chi connectivity index (χ0n) is 9.89. The second-order valence-corrected chi connectivity index (χ2v) is 3.98. The lowest BCUT2D eigenvalue weighted by Crippen LogP contribution is -2.13. The molecule has 1 heterocycles. The van der Waals surface area contributed by atoms with E-state index in [9.17, 15) is 19.1 Å². The van der Waals surface area contributed by atoms with Crippen molar-refractivity contribution in [2.45, 2.75) is 12.8 Å². The van der Waals surface area contributed by atoms with E-state index >= 15 is 0 Å². The highest BCUT2D eigenvalue weighted by Gasteiger charge is 2.15. The fourth-order valence-electron chi connectivity index (χ4n) is 1.62. The lowest BCUT2D eigenvalue weighted by atomic mass is 10.1. The van der Waals surface area contributed by atoms with Crippen molar-refractivity contribution < 1.29 is 14.3 Å². The number of carbonyl (C=O) groups excluding carboxylic acids is 1.